The van der Waals surface area contributed by atoms with Gasteiger partial charge in [0.15, 0.2) is 6.35 Å². The van der Waals surface area contributed by atoms with Gasteiger partial charge in [-0.3, -0.25) is 4.90 Å². The quantitative estimate of drug-likeness (QED) is 0.620. The number of halogens is 1. The van der Waals surface area contributed by atoms with Gasteiger partial charge >= 0.3 is 0 Å². The van der Waals surface area contributed by atoms with Gasteiger partial charge in [-0.15, -0.1) is 0 Å². The fraction of sp³-hybridized carbons (Fsp3) is 0.294. The second-order valence-corrected chi connectivity index (χ2v) is 6.43. The zero-order valence-electron chi connectivity index (χ0n) is 13.6. The normalized spacial score (nSPS) is 17.0. The average molecular weight is 359 g/mol. The van der Waals surface area contributed by atoms with Crippen molar-refractivity contribution >= 4 is 34.1 Å². The lowest BCUT2D eigenvalue weighted by Gasteiger charge is -2.38. The summed E-state index contributed by atoms with van der Waals surface area (Å²) >= 11 is 5.98. The minimum Gasteiger partial charge on any atom is -0.361 e. The highest BCUT2D eigenvalue weighted by Crippen LogP contribution is 2.23. The lowest BCUT2D eigenvalue weighted by molar-refractivity contribution is 0.0225. The smallest absolute Gasteiger partial charge is 0.184 e. The molecule has 3 N–H and O–H groups in total. The third kappa shape index (κ3) is 3.39. The van der Waals surface area contributed by atoms with Crippen molar-refractivity contribution in [2.24, 2.45) is 0 Å². The van der Waals surface area contributed by atoms with E-state index in [0.717, 1.165) is 48.7 Å². The third-order valence-electron chi connectivity index (χ3n) is 4.41. The summed E-state index contributed by atoms with van der Waals surface area (Å²) < 4.78 is 0. The maximum absolute atomic E-state index is 10.4. The Morgan fingerprint density at radius 2 is 2.00 bits per heavy atom. The number of hydrogen-bond donors (Lipinski definition) is 3. The summed E-state index contributed by atoms with van der Waals surface area (Å²) in [6.07, 6.45) is 2.70. The lowest BCUT2D eigenvalue weighted by atomic mass is 10.2. The number of aliphatic hydroxyl groups excluding tert-OH is 1. The van der Waals surface area contributed by atoms with Crippen LogP contribution in [0, 0.1) is 0 Å². The minimum atomic E-state index is -0.752. The molecular formula is C17H19ClN6O. The molecule has 3 heterocycles. The van der Waals surface area contributed by atoms with Crippen LogP contribution in [0.25, 0.3) is 11.0 Å². The van der Waals surface area contributed by atoms with Crippen LogP contribution >= 0.6 is 11.6 Å². The molecule has 1 aliphatic rings. The largest absolute Gasteiger partial charge is 0.361 e. The van der Waals surface area contributed by atoms with Crippen molar-refractivity contribution in [2.45, 2.75) is 6.35 Å². The molecule has 0 saturated carbocycles. The van der Waals surface area contributed by atoms with Crippen LogP contribution in [-0.2, 0) is 0 Å². The van der Waals surface area contributed by atoms with E-state index in [1.807, 2.05) is 29.3 Å². The summed E-state index contributed by atoms with van der Waals surface area (Å²) in [5, 5.41) is 15.2. The van der Waals surface area contributed by atoms with Crippen LogP contribution in [0.15, 0.2) is 42.9 Å². The van der Waals surface area contributed by atoms with Crippen LogP contribution in [0.5, 0.6) is 0 Å². The van der Waals surface area contributed by atoms with Gasteiger partial charge in [0.2, 0.25) is 0 Å². The van der Waals surface area contributed by atoms with Crippen LogP contribution < -0.4 is 10.2 Å². The summed E-state index contributed by atoms with van der Waals surface area (Å²) in [5.41, 5.74) is 1.64. The molecule has 4 rings (SSSR count). The van der Waals surface area contributed by atoms with E-state index in [0.29, 0.717) is 5.02 Å². The Bertz CT molecular complexity index is 861. The highest BCUT2D eigenvalue weighted by Gasteiger charge is 2.24. The number of aliphatic hydroxyl groups is 1. The standard InChI is InChI=1S/C17H19ClN6O/c18-12-2-1-3-13(10-12)22-17(25)24-8-6-23(7-9-24)16-14-4-5-19-15(14)20-11-21-16/h1-5,10-11,17,22,25H,6-9H2,(H,19,20,21). The van der Waals surface area contributed by atoms with Crippen molar-refractivity contribution < 1.29 is 5.11 Å². The maximum Gasteiger partial charge on any atom is 0.184 e. The molecule has 1 atom stereocenters. The Morgan fingerprint density at radius 3 is 2.80 bits per heavy atom. The highest BCUT2D eigenvalue weighted by molar-refractivity contribution is 6.30. The third-order valence-corrected chi connectivity index (χ3v) is 4.65. The monoisotopic (exact) mass is 358 g/mol. The van der Waals surface area contributed by atoms with Gasteiger partial charge in [0.25, 0.3) is 0 Å². The number of benzene rings is 1. The molecule has 0 spiro atoms. The van der Waals surface area contributed by atoms with Crippen molar-refractivity contribution in [3.63, 3.8) is 0 Å². The molecule has 0 bridgehead atoms. The first-order valence-corrected chi connectivity index (χ1v) is 8.56. The molecule has 7 nitrogen and oxygen atoms in total. The van der Waals surface area contributed by atoms with E-state index in [-0.39, 0.29) is 0 Å². The molecule has 0 radical (unpaired) electrons. The molecule has 2 aromatic heterocycles. The van der Waals surface area contributed by atoms with Crippen molar-refractivity contribution in [3.8, 4) is 0 Å². The van der Waals surface area contributed by atoms with Gasteiger partial charge in [-0.05, 0) is 24.3 Å². The highest BCUT2D eigenvalue weighted by atomic mass is 35.5. The predicted octanol–water partition coefficient (Wildman–Crippen LogP) is 2.12. The number of nitrogens with zero attached hydrogens (tertiary/aromatic N) is 4. The van der Waals surface area contributed by atoms with Crippen molar-refractivity contribution in [2.75, 3.05) is 36.4 Å². The average Bonchev–Trinajstić information content (AvgIpc) is 3.10. The van der Waals surface area contributed by atoms with E-state index in [9.17, 15) is 5.11 Å². The van der Waals surface area contributed by atoms with Crippen LogP contribution in [-0.4, -0.2) is 57.5 Å². The van der Waals surface area contributed by atoms with E-state index in [1.165, 1.54) is 0 Å². The van der Waals surface area contributed by atoms with Gasteiger partial charge in [0.1, 0.15) is 17.8 Å². The fourth-order valence-electron chi connectivity index (χ4n) is 3.11. The summed E-state index contributed by atoms with van der Waals surface area (Å²) in [6.45, 7) is 3.02. The van der Waals surface area contributed by atoms with Gasteiger partial charge in [-0.25, -0.2) is 9.97 Å². The van der Waals surface area contributed by atoms with E-state index in [4.69, 9.17) is 11.6 Å². The molecular weight excluding hydrogens is 340 g/mol. The summed E-state index contributed by atoms with van der Waals surface area (Å²) in [6, 6.07) is 9.33. The number of nitrogens with one attached hydrogen (secondary N) is 2. The molecule has 1 saturated heterocycles. The Kier molecular flexibility index (Phi) is 4.44. The maximum atomic E-state index is 10.4. The van der Waals surface area contributed by atoms with Crippen molar-refractivity contribution in [1.82, 2.24) is 19.9 Å². The molecule has 1 aliphatic heterocycles. The SMILES string of the molecule is OC(Nc1cccc(Cl)c1)N1CCN(c2ncnc3[nH]ccc23)CC1. The minimum absolute atomic E-state index is 0.640. The van der Waals surface area contributed by atoms with Crippen molar-refractivity contribution in [1.29, 1.82) is 0 Å². The first-order chi connectivity index (χ1) is 12.2. The van der Waals surface area contributed by atoms with Crippen molar-refractivity contribution in [3.05, 3.63) is 47.9 Å². The molecule has 1 aromatic carbocycles. The van der Waals surface area contributed by atoms with E-state index in [1.54, 1.807) is 18.5 Å². The van der Waals surface area contributed by atoms with Crippen LogP contribution in [0.1, 0.15) is 0 Å². The topological polar surface area (TPSA) is 80.3 Å². The van der Waals surface area contributed by atoms with Crippen LogP contribution in [0.3, 0.4) is 0 Å². The molecule has 1 fully saturated rings. The van der Waals surface area contributed by atoms with Crippen LogP contribution in [0.2, 0.25) is 5.02 Å². The lowest BCUT2D eigenvalue weighted by Crippen LogP contribution is -2.52. The van der Waals surface area contributed by atoms with Gasteiger partial charge in [0, 0.05) is 43.1 Å². The number of aromatic nitrogens is 3. The van der Waals surface area contributed by atoms with Gasteiger partial charge in [-0.2, -0.15) is 0 Å². The molecule has 0 aliphatic carbocycles. The molecule has 1 unspecified atom stereocenters. The summed E-state index contributed by atoms with van der Waals surface area (Å²) in [7, 11) is 0. The Balaban J connectivity index is 1.40. The van der Waals surface area contributed by atoms with Gasteiger partial charge in [0.05, 0.1) is 5.39 Å². The second-order valence-electron chi connectivity index (χ2n) is 5.99. The number of anilines is 2. The van der Waals surface area contributed by atoms with E-state index < -0.39 is 6.35 Å². The van der Waals surface area contributed by atoms with Gasteiger partial charge in [-0.1, -0.05) is 17.7 Å². The molecule has 130 valence electrons. The van der Waals surface area contributed by atoms with E-state index >= 15 is 0 Å². The number of H-pyrrole nitrogens is 1. The zero-order valence-corrected chi connectivity index (χ0v) is 14.3. The number of piperazine rings is 1. The fourth-order valence-corrected chi connectivity index (χ4v) is 3.30. The molecule has 8 heteroatoms. The molecule has 25 heavy (non-hydrogen) atoms. The van der Waals surface area contributed by atoms with Gasteiger partial charge < -0.3 is 20.3 Å². The number of fused-ring (bicyclic) bond motifs is 1. The Hall–Kier alpha value is -2.35. The Morgan fingerprint density at radius 1 is 1.16 bits per heavy atom. The summed E-state index contributed by atoms with van der Waals surface area (Å²) in [4.78, 5) is 16.0. The second kappa shape index (κ2) is 6.87. The number of aromatic amines is 1. The molecule has 0 amide bonds. The van der Waals surface area contributed by atoms with Crippen LogP contribution in [0.4, 0.5) is 11.5 Å². The summed E-state index contributed by atoms with van der Waals surface area (Å²) in [5.74, 6) is 0.934. The Labute approximate surface area is 150 Å². The number of hydrogen-bond acceptors (Lipinski definition) is 6. The first kappa shape index (κ1) is 16.1. The molecule has 3 aromatic rings. The first-order valence-electron chi connectivity index (χ1n) is 8.18. The number of rotatable bonds is 4. The van der Waals surface area contributed by atoms with E-state index in [2.05, 4.69) is 25.2 Å². The zero-order chi connectivity index (χ0) is 17.2. The predicted molar refractivity (Wildman–Crippen MR) is 98.8 cm³/mol.